The van der Waals surface area contributed by atoms with Crippen molar-refractivity contribution in [1.29, 1.82) is 0 Å². The first-order valence-electron chi connectivity index (χ1n) is 6.15. The Morgan fingerprint density at radius 1 is 1.42 bits per heavy atom. The number of hydrogen-bond acceptors (Lipinski definition) is 1. The van der Waals surface area contributed by atoms with E-state index in [0.717, 1.165) is 17.3 Å². The fourth-order valence-electron chi connectivity index (χ4n) is 1.72. The summed E-state index contributed by atoms with van der Waals surface area (Å²) in [5.41, 5.74) is 0.521. The number of alkyl halides is 1. The zero-order chi connectivity index (χ0) is 14.5. The molecule has 106 valence electrons. The van der Waals surface area contributed by atoms with Crippen LogP contribution in [0.3, 0.4) is 0 Å². The molecule has 1 amide bonds. The molecule has 0 spiro atoms. The molecule has 0 aliphatic carbocycles. The Hall–Kier alpha value is -0.250. The number of amides is 1. The van der Waals surface area contributed by atoms with Crippen LogP contribution in [0.2, 0.25) is 5.02 Å². The van der Waals surface area contributed by atoms with Gasteiger partial charge >= 0.3 is 0 Å². The molecule has 0 atom stereocenters. The molecule has 0 radical (unpaired) electrons. The number of hydrogen-bond donors (Lipinski definition) is 1. The lowest BCUT2D eigenvalue weighted by Crippen LogP contribution is -2.34. The molecule has 0 aromatic heterocycles. The van der Waals surface area contributed by atoms with Crippen molar-refractivity contribution >= 4 is 45.0 Å². The van der Waals surface area contributed by atoms with Gasteiger partial charge in [0.1, 0.15) is 0 Å². The third-order valence-corrected chi connectivity index (χ3v) is 3.98. The van der Waals surface area contributed by atoms with Crippen molar-refractivity contribution in [2.75, 3.05) is 12.4 Å². The van der Waals surface area contributed by atoms with E-state index in [0.29, 0.717) is 23.0 Å². The van der Waals surface area contributed by atoms with Crippen molar-refractivity contribution in [2.45, 2.75) is 26.7 Å². The van der Waals surface area contributed by atoms with Crippen LogP contribution in [0.4, 0.5) is 0 Å². The topological polar surface area (TPSA) is 29.1 Å². The predicted molar refractivity (Wildman–Crippen MR) is 85.2 cm³/mol. The summed E-state index contributed by atoms with van der Waals surface area (Å²) >= 11 is 15.1. The number of benzene rings is 1. The average molecular weight is 367 g/mol. The number of rotatable bonds is 6. The summed E-state index contributed by atoms with van der Waals surface area (Å²) in [5, 5.41) is 3.39. The van der Waals surface area contributed by atoms with Gasteiger partial charge in [-0.2, -0.15) is 0 Å². The van der Waals surface area contributed by atoms with E-state index in [1.54, 1.807) is 12.1 Å². The van der Waals surface area contributed by atoms with Gasteiger partial charge in [0.25, 0.3) is 5.91 Å². The molecule has 0 saturated carbocycles. The summed E-state index contributed by atoms with van der Waals surface area (Å²) in [6, 6.07) is 5.24. The monoisotopic (exact) mass is 365 g/mol. The molecule has 0 heterocycles. The largest absolute Gasteiger partial charge is 0.351 e. The van der Waals surface area contributed by atoms with Crippen LogP contribution < -0.4 is 5.32 Å². The standard InChI is InChI=1S/C14H18BrCl2NO/c1-14(2,6-3-7-16)9-18-13(19)11-8-10(15)4-5-12(11)17/h4-5,8H,3,6-7,9H2,1-2H3,(H,18,19). The van der Waals surface area contributed by atoms with Gasteiger partial charge in [0.05, 0.1) is 10.6 Å². The van der Waals surface area contributed by atoms with Gasteiger partial charge in [-0.05, 0) is 36.5 Å². The number of nitrogens with one attached hydrogen (secondary N) is 1. The van der Waals surface area contributed by atoms with E-state index in [1.165, 1.54) is 0 Å². The van der Waals surface area contributed by atoms with Crippen LogP contribution in [-0.4, -0.2) is 18.3 Å². The predicted octanol–water partition coefficient (Wildman–Crippen LogP) is 4.88. The van der Waals surface area contributed by atoms with Gasteiger partial charge in [0.2, 0.25) is 0 Å². The van der Waals surface area contributed by atoms with E-state index < -0.39 is 0 Å². The molecular weight excluding hydrogens is 349 g/mol. The van der Waals surface area contributed by atoms with Gasteiger partial charge in [-0.25, -0.2) is 0 Å². The molecule has 1 N–H and O–H groups in total. The second-order valence-electron chi connectivity index (χ2n) is 5.26. The molecule has 0 fully saturated rings. The molecule has 0 unspecified atom stereocenters. The van der Waals surface area contributed by atoms with Gasteiger partial charge in [-0.15, -0.1) is 11.6 Å². The van der Waals surface area contributed by atoms with Gasteiger partial charge < -0.3 is 5.32 Å². The lowest BCUT2D eigenvalue weighted by molar-refractivity contribution is 0.0934. The fourth-order valence-corrected chi connectivity index (χ4v) is 2.42. The minimum absolute atomic E-state index is 0.0308. The zero-order valence-corrected chi connectivity index (χ0v) is 14.2. The average Bonchev–Trinajstić information content (AvgIpc) is 2.36. The third-order valence-electron chi connectivity index (χ3n) is 2.89. The Labute approximate surface area is 133 Å². The molecule has 19 heavy (non-hydrogen) atoms. The van der Waals surface area contributed by atoms with Crippen LogP contribution in [0.25, 0.3) is 0 Å². The normalized spacial score (nSPS) is 11.4. The highest BCUT2D eigenvalue weighted by Crippen LogP contribution is 2.23. The highest BCUT2D eigenvalue weighted by atomic mass is 79.9. The Morgan fingerprint density at radius 3 is 2.74 bits per heavy atom. The molecule has 1 aromatic carbocycles. The maximum Gasteiger partial charge on any atom is 0.252 e. The third kappa shape index (κ3) is 5.72. The van der Waals surface area contributed by atoms with Gasteiger partial charge in [-0.1, -0.05) is 41.4 Å². The molecule has 5 heteroatoms. The van der Waals surface area contributed by atoms with Crippen LogP contribution >= 0.6 is 39.1 Å². The van der Waals surface area contributed by atoms with Crippen molar-refractivity contribution in [3.05, 3.63) is 33.3 Å². The lowest BCUT2D eigenvalue weighted by Gasteiger charge is -2.24. The van der Waals surface area contributed by atoms with Crippen LogP contribution in [0.1, 0.15) is 37.0 Å². The lowest BCUT2D eigenvalue weighted by atomic mass is 9.88. The number of carbonyl (C=O) groups is 1. The molecular formula is C14H18BrCl2NO. The molecule has 0 bridgehead atoms. The number of halogens is 3. The van der Waals surface area contributed by atoms with E-state index in [4.69, 9.17) is 23.2 Å². The molecule has 1 aromatic rings. The highest BCUT2D eigenvalue weighted by molar-refractivity contribution is 9.10. The Balaban J connectivity index is 2.62. The second-order valence-corrected chi connectivity index (χ2v) is 6.96. The Morgan fingerprint density at radius 2 is 2.11 bits per heavy atom. The summed E-state index contributed by atoms with van der Waals surface area (Å²) in [5.74, 6) is 0.500. The maximum atomic E-state index is 12.1. The SMILES string of the molecule is CC(C)(CCCCl)CNC(=O)c1cc(Br)ccc1Cl. The van der Waals surface area contributed by atoms with E-state index in [-0.39, 0.29) is 11.3 Å². The smallest absolute Gasteiger partial charge is 0.252 e. The van der Waals surface area contributed by atoms with Gasteiger partial charge in [0.15, 0.2) is 0 Å². The Bertz CT molecular complexity index is 449. The maximum absolute atomic E-state index is 12.1. The van der Waals surface area contributed by atoms with Crippen molar-refractivity contribution in [3.8, 4) is 0 Å². The molecule has 1 rings (SSSR count). The summed E-state index contributed by atoms with van der Waals surface area (Å²) in [4.78, 5) is 12.1. The van der Waals surface area contributed by atoms with E-state index >= 15 is 0 Å². The van der Waals surface area contributed by atoms with Crippen molar-refractivity contribution in [2.24, 2.45) is 5.41 Å². The van der Waals surface area contributed by atoms with Crippen LogP contribution in [-0.2, 0) is 0 Å². The summed E-state index contributed by atoms with van der Waals surface area (Å²) in [6.07, 6.45) is 1.92. The summed E-state index contributed by atoms with van der Waals surface area (Å²) < 4.78 is 0.837. The minimum atomic E-state index is -0.148. The van der Waals surface area contributed by atoms with E-state index in [2.05, 4.69) is 35.1 Å². The molecule has 2 nitrogen and oxygen atoms in total. The first kappa shape index (κ1) is 16.8. The van der Waals surface area contributed by atoms with Crippen molar-refractivity contribution in [3.63, 3.8) is 0 Å². The van der Waals surface area contributed by atoms with E-state index in [1.807, 2.05) is 6.07 Å². The van der Waals surface area contributed by atoms with Gasteiger partial charge in [0, 0.05) is 16.9 Å². The minimum Gasteiger partial charge on any atom is -0.351 e. The first-order chi connectivity index (χ1) is 8.85. The second kappa shape index (κ2) is 7.51. The fraction of sp³-hybridized carbons (Fsp3) is 0.500. The highest BCUT2D eigenvalue weighted by Gasteiger charge is 2.19. The van der Waals surface area contributed by atoms with Crippen molar-refractivity contribution < 1.29 is 4.79 Å². The first-order valence-corrected chi connectivity index (χ1v) is 7.85. The zero-order valence-electron chi connectivity index (χ0n) is 11.1. The summed E-state index contributed by atoms with van der Waals surface area (Å²) in [6.45, 7) is 4.83. The van der Waals surface area contributed by atoms with Crippen LogP contribution in [0.15, 0.2) is 22.7 Å². The summed E-state index contributed by atoms with van der Waals surface area (Å²) in [7, 11) is 0. The number of carbonyl (C=O) groups excluding carboxylic acids is 1. The Kier molecular flexibility index (Phi) is 6.64. The molecule has 0 aliphatic heterocycles. The van der Waals surface area contributed by atoms with Gasteiger partial charge in [-0.3, -0.25) is 4.79 Å². The molecule has 0 saturated heterocycles. The quantitative estimate of drug-likeness (QED) is 0.714. The van der Waals surface area contributed by atoms with Crippen LogP contribution in [0, 0.1) is 5.41 Å². The molecule has 0 aliphatic rings. The van der Waals surface area contributed by atoms with E-state index in [9.17, 15) is 4.79 Å². The van der Waals surface area contributed by atoms with Crippen molar-refractivity contribution in [1.82, 2.24) is 5.32 Å². The van der Waals surface area contributed by atoms with Crippen LogP contribution in [0.5, 0.6) is 0 Å².